The smallest absolute Gasteiger partial charge is 0.337 e. The highest BCUT2D eigenvalue weighted by Crippen LogP contribution is 2.46. The number of carbonyl (C=O) groups is 13. The highest BCUT2D eigenvalue weighted by molar-refractivity contribution is 7.97. The van der Waals surface area contributed by atoms with Crippen LogP contribution in [-0.4, -0.2) is 199 Å². The number of rotatable bonds is 22. The second-order valence-corrected chi connectivity index (χ2v) is 27.0. The highest BCUT2D eigenvalue weighted by Gasteiger charge is 2.54. The van der Waals surface area contributed by atoms with Gasteiger partial charge in [0.05, 0.1) is 90.4 Å². The van der Waals surface area contributed by atoms with Crippen LogP contribution in [0.4, 0.5) is 17.1 Å². The molecule has 4 saturated heterocycles. The minimum Gasteiger partial charge on any atom is -0.497 e. The van der Waals surface area contributed by atoms with Gasteiger partial charge in [-0.2, -0.15) is 0 Å². The van der Waals surface area contributed by atoms with Gasteiger partial charge in [0.15, 0.2) is 0 Å². The summed E-state index contributed by atoms with van der Waals surface area (Å²) in [5, 5.41) is 0. The normalized spacial score (nSPS) is 17.5. The van der Waals surface area contributed by atoms with E-state index in [9.17, 15) is 62.3 Å². The largest absolute Gasteiger partial charge is 0.497 e. The van der Waals surface area contributed by atoms with Crippen molar-refractivity contribution in [1.82, 2.24) is 8.61 Å². The summed E-state index contributed by atoms with van der Waals surface area (Å²) in [6.07, 6.45) is 3.61. The highest BCUT2D eigenvalue weighted by atomic mass is 32.2. The molecule has 0 N–H and O–H groups in total. The maximum atomic E-state index is 12.6. The fourth-order valence-electron chi connectivity index (χ4n) is 12.1. The predicted octanol–water partition coefficient (Wildman–Crippen LogP) is 12.7. The second-order valence-electron chi connectivity index (χ2n) is 25.4. The molecule has 0 unspecified atom stereocenters. The average Bonchev–Trinajstić information content (AvgIpc) is 0.716. The molecule has 8 atom stereocenters. The SMILES string of the molecule is C.CC=NC.COC(=O)c1ccc(C=Nc2ccc(OC)cc2)cc1.COC(=O)c1ccc([C@@H]2[C@@H](OC(C)=O)C(=O)N2SC)cc1.COC(=O)c1ccc([C@@H]2[C@@H](OC(C)=O)C(=O)N2c2ccc(OC)cc2)cc1.COC(=O)c1ccc([C@H]2[C@@H](OC(C)=O)C(=O)N2SC)cc1.COC(=O)c1ccc([C@H]2[C@@H](OC(C)=O)C(=O)N2c2ccc(OC)cc2)cc1. The van der Waals surface area contributed by atoms with Crippen LogP contribution in [0.1, 0.15) is 146 Å². The van der Waals surface area contributed by atoms with Crippen molar-refractivity contribution < 1.29 is 119 Å². The molecule has 33 heteroatoms. The molecular formula is C88H94N6O25S2. The molecule has 0 bridgehead atoms. The van der Waals surface area contributed by atoms with E-state index in [-0.39, 0.29) is 49.1 Å². The third kappa shape index (κ3) is 24.7. The van der Waals surface area contributed by atoms with E-state index in [2.05, 4.69) is 24.2 Å². The summed E-state index contributed by atoms with van der Waals surface area (Å²) in [6.45, 7) is 6.96. The molecule has 0 aromatic heterocycles. The number of hydrogen-bond donors (Lipinski definition) is 0. The Morgan fingerprint density at radius 3 is 0.793 bits per heavy atom. The number of nitrogens with zero attached hydrogens (tertiary/aromatic N) is 6. The lowest BCUT2D eigenvalue weighted by molar-refractivity contribution is -0.173. The van der Waals surface area contributed by atoms with Crippen molar-refractivity contribution in [1.29, 1.82) is 0 Å². The van der Waals surface area contributed by atoms with Crippen molar-refractivity contribution in [2.24, 2.45) is 9.98 Å². The summed E-state index contributed by atoms with van der Waals surface area (Å²) >= 11 is 2.54. The molecule has 121 heavy (non-hydrogen) atoms. The lowest BCUT2D eigenvalue weighted by Gasteiger charge is -2.46. The summed E-state index contributed by atoms with van der Waals surface area (Å²) in [7, 11) is 13.1. The predicted molar refractivity (Wildman–Crippen MR) is 451 cm³/mol. The van der Waals surface area contributed by atoms with Crippen molar-refractivity contribution in [3.63, 3.8) is 0 Å². The lowest BCUT2D eigenvalue weighted by atomic mass is 9.89. The molecule has 0 radical (unpaired) electrons. The Balaban J connectivity index is 0.000000232. The second kappa shape index (κ2) is 46.5. The maximum Gasteiger partial charge on any atom is 0.337 e. The van der Waals surface area contributed by atoms with Crippen LogP contribution in [0.2, 0.25) is 0 Å². The number of hydrogen-bond acceptors (Lipinski definition) is 29. The molecule has 0 saturated carbocycles. The first kappa shape index (κ1) is 96.2. The average molecular weight is 1700 g/mol. The minimum absolute atomic E-state index is 0. The molecule has 8 aromatic rings. The van der Waals surface area contributed by atoms with Gasteiger partial charge in [0, 0.05) is 64.8 Å². The van der Waals surface area contributed by atoms with Crippen molar-refractivity contribution >= 4 is 131 Å². The lowest BCUT2D eigenvalue weighted by Crippen LogP contribution is -2.60. The number of esters is 9. The molecule has 12 rings (SSSR count). The van der Waals surface area contributed by atoms with Crippen LogP contribution >= 0.6 is 23.9 Å². The molecule has 4 amide bonds. The third-order valence-electron chi connectivity index (χ3n) is 18.1. The van der Waals surface area contributed by atoms with E-state index in [1.54, 1.807) is 229 Å². The summed E-state index contributed by atoms with van der Waals surface area (Å²) in [6, 6.07) is 53.6. The van der Waals surface area contributed by atoms with E-state index in [1.165, 1.54) is 87.1 Å². The Labute approximate surface area is 708 Å². The fraction of sp³-hybridized carbons (Fsp3) is 0.284. The third-order valence-corrected chi connectivity index (χ3v) is 19.7. The molecule has 0 aliphatic carbocycles. The van der Waals surface area contributed by atoms with Gasteiger partial charge in [0.25, 0.3) is 23.6 Å². The molecule has 0 spiro atoms. The van der Waals surface area contributed by atoms with E-state index < -0.39 is 84.3 Å². The van der Waals surface area contributed by atoms with Crippen LogP contribution in [0, 0.1) is 0 Å². The standard InChI is InChI=1S/2C20H19NO6.C16H15NO3.2C14H15NO5S.C3H7N.CH4/c2*1-12(22)27-18-17(13-4-6-14(7-5-13)20(24)26-3)21(19(18)23)15-8-10-16(25-2)11-9-15;1-19-15-9-7-14(8-10-15)17-11-12-3-5-13(6-4-12)16(18)20-2;2*1-8(16)20-12-11(15(21-3)13(12)17)9-4-6-10(7-5-9)14(18)19-2;1-3-4-2;/h2*4-11,17-18H,1-3H3;3-11H,1-2H3;2*4-7,11-12H,1-3H3;3H,1-2H3;1H4/t17-,18+;17-,18-;;11-,12+;11-,12-;;/m01.01../s1. The molecule has 638 valence electrons. The Kier molecular flexibility index (Phi) is 36.9. The number of carbonyl (C=O) groups excluding carboxylic acids is 13. The monoisotopic (exact) mass is 1700 g/mol. The van der Waals surface area contributed by atoms with E-state index in [1.807, 2.05) is 43.3 Å². The first-order chi connectivity index (χ1) is 57.5. The summed E-state index contributed by atoms with van der Waals surface area (Å²) in [4.78, 5) is 162. The zero-order valence-corrected chi connectivity index (χ0v) is 70.1. The van der Waals surface area contributed by atoms with E-state index in [0.29, 0.717) is 50.7 Å². The van der Waals surface area contributed by atoms with Gasteiger partial charge >= 0.3 is 53.7 Å². The van der Waals surface area contributed by atoms with E-state index >= 15 is 0 Å². The molecule has 8 aromatic carbocycles. The number of amides is 4. The zero-order chi connectivity index (χ0) is 88.0. The number of β-lactam (4-membered cyclic amide) rings is 4. The summed E-state index contributed by atoms with van der Waals surface area (Å²) in [5.41, 5.74) is 8.29. The van der Waals surface area contributed by atoms with E-state index in [4.69, 9.17) is 42.6 Å². The fourth-order valence-corrected chi connectivity index (χ4v) is 13.6. The molecule has 4 fully saturated rings. The quantitative estimate of drug-likeness (QED) is 0.0200. The Hall–Kier alpha value is -13.7. The Bertz CT molecular complexity index is 4720. The van der Waals surface area contributed by atoms with Crippen LogP contribution in [0.3, 0.4) is 0 Å². The molecule has 31 nitrogen and oxygen atoms in total. The number of ether oxygens (including phenoxy) is 12. The van der Waals surface area contributed by atoms with Gasteiger partial charge in [-0.3, -0.25) is 61.8 Å². The van der Waals surface area contributed by atoms with Crippen molar-refractivity contribution in [3.05, 3.63) is 250 Å². The molecule has 4 aliphatic heterocycles. The first-order valence-electron chi connectivity index (χ1n) is 36.4. The summed E-state index contributed by atoms with van der Waals surface area (Å²) < 4.78 is 62.3. The van der Waals surface area contributed by atoms with Crippen LogP contribution < -0.4 is 24.0 Å². The van der Waals surface area contributed by atoms with Gasteiger partial charge in [-0.15, -0.1) is 0 Å². The number of aliphatic imine (C=N–C) groups is 2. The van der Waals surface area contributed by atoms with Crippen LogP contribution in [0.25, 0.3) is 0 Å². The van der Waals surface area contributed by atoms with Crippen LogP contribution in [-0.2, 0) is 81.0 Å². The first-order valence-corrected chi connectivity index (χ1v) is 38.7. The van der Waals surface area contributed by atoms with Crippen LogP contribution in [0.15, 0.2) is 204 Å². The molecule has 4 heterocycles. The number of methoxy groups -OCH3 is 8. The molecule has 4 aliphatic rings. The van der Waals surface area contributed by atoms with Gasteiger partial charge in [-0.1, -0.05) is 92.0 Å². The Morgan fingerprint density at radius 1 is 0.339 bits per heavy atom. The number of benzene rings is 8. The van der Waals surface area contributed by atoms with Gasteiger partial charge in [0.1, 0.15) is 41.4 Å². The van der Waals surface area contributed by atoms with Gasteiger partial charge in [-0.05, 0) is 174 Å². The number of anilines is 2. The minimum atomic E-state index is -0.909. The summed E-state index contributed by atoms with van der Waals surface area (Å²) in [5.74, 6) is -3.10. The van der Waals surface area contributed by atoms with Crippen LogP contribution in [0.5, 0.6) is 17.2 Å². The maximum absolute atomic E-state index is 12.6. The van der Waals surface area contributed by atoms with Crippen molar-refractivity contribution in [3.8, 4) is 17.2 Å². The van der Waals surface area contributed by atoms with Gasteiger partial charge < -0.3 is 61.8 Å². The topological polar surface area (TPSA) is 370 Å². The van der Waals surface area contributed by atoms with Crippen molar-refractivity contribution in [2.75, 3.05) is 86.2 Å². The van der Waals surface area contributed by atoms with E-state index in [0.717, 1.165) is 39.3 Å². The van der Waals surface area contributed by atoms with Gasteiger partial charge in [0.2, 0.25) is 24.4 Å². The van der Waals surface area contributed by atoms with Crippen molar-refractivity contribution in [2.45, 2.75) is 90.6 Å². The zero-order valence-electron chi connectivity index (χ0n) is 68.5. The van der Waals surface area contributed by atoms with Gasteiger partial charge in [-0.25, -0.2) is 24.0 Å². The Morgan fingerprint density at radius 2 is 0.570 bits per heavy atom. The molecular weight excluding hydrogens is 1610 g/mol.